The summed E-state index contributed by atoms with van der Waals surface area (Å²) in [5.74, 6) is 0. The van der Waals surface area contributed by atoms with E-state index >= 15 is 0 Å². The second-order valence-corrected chi connectivity index (χ2v) is 6.26. The summed E-state index contributed by atoms with van der Waals surface area (Å²) >= 11 is 0. The van der Waals surface area contributed by atoms with Crippen molar-refractivity contribution >= 4 is 0 Å². The Bertz CT molecular complexity index is 159. The maximum atomic E-state index is 3.37. The van der Waals surface area contributed by atoms with Crippen molar-refractivity contribution in [2.45, 2.75) is 78.7 Å². The molecule has 1 heteroatoms. The van der Waals surface area contributed by atoms with Crippen LogP contribution < -0.4 is 5.32 Å². The molecule has 0 saturated heterocycles. The van der Waals surface area contributed by atoms with Crippen molar-refractivity contribution in [1.29, 1.82) is 0 Å². The van der Waals surface area contributed by atoms with E-state index in [2.05, 4.69) is 47.0 Å². The van der Waals surface area contributed by atoms with Crippen LogP contribution in [-0.2, 0) is 0 Å². The van der Waals surface area contributed by atoms with Crippen LogP contribution in [-0.4, -0.2) is 12.6 Å². The summed E-state index contributed by atoms with van der Waals surface area (Å²) in [5.41, 5.74) is 0.848. The predicted octanol–water partition coefficient (Wildman–Crippen LogP) is 4.37. The van der Waals surface area contributed by atoms with Crippen molar-refractivity contribution in [3.05, 3.63) is 0 Å². The molecule has 0 aliphatic heterocycles. The molecule has 0 aliphatic rings. The van der Waals surface area contributed by atoms with Gasteiger partial charge in [-0.3, -0.25) is 0 Å². The van der Waals surface area contributed by atoms with E-state index in [4.69, 9.17) is 0 Å². The molecule has 0 amide bonds. The second-order valence-electron chi connectivity index (χ2n) is 6.26. The number of unbranched alkanes of at least 4 members (excludes halogenated alkanes) is 1. The van der Waals surface area contributed by atoms with Gasteiger partial charge < -0.3 is 5.32 Å². The Morgan fingerprint density at radius 2 is 1.40 bits per heavy atom. The summed E-state index contributed by atoms with van der Waals surface area (Å²) in [7, 11) is 2.06. The van der Waals surface area contributed by atoms with Gasteiger partial charge in [0.15, 0.2) is 0 Å². The third kappa shape index (κ3) is 7.84. The van der Waals surface area contributed by atoms with Gasteiger partial charge in [-0.1, -0.05) is 40.0 Å². The first-order valence-electron chi connectivity index (χ1n) is 6.52. The molecule has 0 aromatic rings. The quantitative estimate of drug-likeness (QED) is 0.631. The molecule has 0 radical (unpaired) electrons. The third-order valence-electron chi connectivity index (χ3n) is 3.54. The van der Waals surface area contributed by atoms with Crippen LogP contribution in [0.15, 0.2) is 0 Å². The van der Waals surface area contributed by atoms with Gasteiger partial charge in [-0.05, 0) is 45.6 Å². The molecule has 92 valence electrons. The average molecular weight is 213 g/mol. The minimum absolute atomic E-state index is 0.306. The van der Waals surface area contributed by atoms with Gasteiger partial charge in [-0.25, -0.2) is 0 Å². The summed E-state index contributed by atoms with van der Waals surface area (Å²) in [6.07, 6.45) is 8.05. The molecule has 1 nitrogen and oxygen atoms in total. The topological polar surface area (TPSA) is 12.0 Å². The number of nitrogens with one attached hydrogen (secondary N) is 1. The molecule has 0 unspecified atom stereocenters. The van der Waals surface area contributed by atoms with Gasteiger partial charge in [0, 0.05) is 5.54 Å². The second kappa shape index (κ2) is 6.52. The highest BCUT2D eigenvalue weighted by molar-refractivity contribution is 4.77. The molecule has 0 heterocycles. The van der Waals surface area contributed by atoms with Crippen molar-refractivity contribution in [2.75, 3.05) is 7.05 Å². The molecule has 0 spiro atoms. The summed E-state index contributed by atoms with van der Waals surface area (Å²) in [4.78, 5) is 0. The predicted molar refractivity (Wildman–Crippen MR) is 70.3 cm³/mol. The molecule has 0 rings (SSSR count). The minimum Gasteiger partial charge on any atom is -0.315 e. The molecule has 0 bridgehead atoms. The lowest BCUT2D eigenvalue weighted by Gasteiger charge is -2.28. The molecular weight excluding hydrogens is 182 g/mol. The zero-order valence-corrected chi connectivity index (χ0v) is 11.7. The Morgan fingerprint density at radius 1 is 0.867 bits per heavy atom. The Balaban J connectivity index is 3.74. The Kier molecular flexibility index (Phi) is 6.51. The standard InChI is InChI=1S/C14H31N/c1-7-8-10-13(2,3)11-9-12-14(4,5)15-6/h15H,7-12H2,1-6H3. The van der Waals surface area contributed by atoms with Crippen molar-refractivity contribution in [3.8, 4) is 0 Å². The van der Waals surface area contributed by atoms with Gasteiger partial charge in [0.2, 0.25) is 0 Å². The Labute approximate surface area is 97.0 Å². The maximum Gasteiger partial charge on any atom is 0.0122 e. The molecule has 15 heavy (non-hydrogen) atoms. The van der Waals surface area contributed by atoms with Crippen LogP contribution >= 0.6 is 0 Å². The van der Waals surface area contributed by atoms with Crippen molar-refractivity contribution in [3.63, 3.8) is 0 Å². The number of rotatable bonds is 8. The molecule has 0 atom stereocenters. The van der Waals surface area contributed by atoms with Gasteiger partial charge in [0.1, 0.15) is 0 Å². The highest BCUT2D eigenvalue weighted by Crippen LogP contribution is 2.30. The van der Waals surface area contributed by atoms with Gasteiger partial charge in [-0.15, -0.1) is 0 Å². The maximum absolute atomic E-state index is 3.37. The van der Waals surface area contributed by atoms with E-state index in [0.29, 0.717) is 11.0 Å². The van der Waals surface area contributed by atoms with Crippen LogP contribution in [0.4, 0.5) is 0 Å². The third-order valence-corrected chi connectivity index (χ3v) is 3.54. The van der Waals surface area contributed by atoms with Gasteiger partial charge in [-0.2, -0.15) is 0 Å². The summed E-state index contributed by atoms with van der Waals surface area (Å²) in [6.45, 7) is 11.7. The summed E-state index contributed by atoms with van der Waals surface area (Å²) < 4.78 is 0. The van der Waals surface area contributed by atoms with Gasteiger partial charge in [0.05, 0.1) is 0 Å². The van der Waals surface area contributed by atoms with E-state index in [1.54, 1.807) is 0 Å². The van der Waals surface area contributed by atoms with Crippen LogP contribution in [0.25, 0.3) is 0 Å². The lowest BCUT2D eigenvalue weighted by Crippen LogP contribution is -2.36. The smallest absolute Gasteiger partial charge is 0.0122 e. The van der Waals surface area contributed by atoms with Gasteiger partial charge in [0.25, 0.3) is 0 Å². The fourth-order valence-electron chi connectivity index (χ4n) is 1.91. The van der Waals surface area contributed by atoms with E-state index < -0.39 is 0 Å². The zero-order valence-electron chi connectivity index (χ0n) is 11.7. The molecule has 0 fully saturated rings. The van der Waals surface area contributed by atoms with E-state index in [1.807, 2.05) is 0 Å². The highest BCUT2D eigenvalue weighted by atomic mass is 14.9. The van der Waals surface area contributed by atoms with E-state index in [-0.39, 0.29) is 0 Å². The first-order valence-corrected chi connectivity index (χ1v) is 6.52. The number of hydrogen-bond acceptors (Lipinski definition) is 1. The Morgan fingerprint density at radius 3 is 1.87 bits per heavy atom. The van der Waals surface area contributed by atoms with Crippen molar-refractivity contribution < 1.29 is 0 Å². The van der Waals surface area contributed by atoms with Crippen LogP contribution in [0, 0.1) is 5.41 Å². The van der Waals surface area contributed by atoms with Crippen molar-refractivity contribution in [1.82, 2.24) is 5.32 Å². The normalized spacial score (nSPS) is 13.2. The molecule has 0 aliphatic carbocycles. The first-order chi connectivity index (χ1) is 6.83. The van der Waals surface area contributed by atoms with E-state index in [9.17, 15) is 0 Å². The summed E-state index contributed by atoms with van der Waals surface area (Å²) in [5, 5.41) is 3.37. The average Bonchev–Trinajstić information content (AvgIpc) is 2.14. The van der Waals surface area contributed by atoms with Gasteiger partial charge >= 0.3 is 0 Å². The summed E-state index contributed by atoms with van der Waals surface area (Å²) in [6, 6.07) is 0. The monoisotopic (exact) mass is 213 g/mol. The molecular formula is C14H31N. The van der Waals surface area contributed by atoms with E-state index in [1.165, 1.54) is 38.5 Å². The van der Waals surface area contributed by atoms with Crippen molar-refractivity contribution in [2.24, 2.45) is 5.41 Å². The number of hydrogen-bond donors (Lipinski definition) is 1. The zero-order chi connectivity index (χ0) is 11.9. The SMILES string of the molecule is CCCCC(C)(C)CCCC(C)(C)NC. The lowest BCUT2D eigenvalue weighted by molar-refractivity contribution is 0.266. The van der Waals surface area contributed by atoms with E-state index in [0.717, 1.165) is 0 Å². The minimum atomic E-state index is 0.306. The fourth-order valence-corrected chi connectivity index (χ4v) is 1.91. The lowest BCUT2D eigenvalue weighted by atomic mass is 9.81. The molecule has 1 N–H and O–H groups in total. The molecule has 0 aromatic carbocycles. The highest BCUT2D eigenvalue weighted by Gasteiger charge is 2.19. The Hall–Kier alpha value is -0.0400. The van der Waals surface area contributed by atoms with Crippen LogP contribution in [0.5, 0.6) is 0 Å². The van der Waals surface area contributed by atoms with Crippen LogP contribution in [0.3, 0.4) is 0 Å². The first kappa shape index (κ1) is 15.0. The molecule has 0 aromatic heterocycles. The van der Waals surface area contributed by atoms with Crippen LogP contribution in [0.2, 0.25) is 0 Å². The fraction of sp³-hybridized carbons (Fsp3) is 1.00. The molecule has 0 saturated carbocycles. The largest absolute Gasteiger partial charge is 0.315 e. The van der Waals surface area contributed by atoms with Crippen LogP contribution in [0.1, 0.15) is 73.1 Å².